The number of amides is 2. The van der Waals surface area contributed by atoms with Gasteiger partial charge in [0.05, 0.1) is 5.01 Å². The van der Waals surface area contributed by atoms with E-state index in [1.807, 2.05) is 13.1 Å². The number of urea groups is 1. The molecule has 1 aliphatic heterocycles. The van der Waals surface area contributed by atoms with Crippen LogP contribution in [0, 0.1) is 6.92 Å². The SMILES string of the molecule is Cc1cnc([C@@H](C)CNC(=O)N[C@H](C)CN2CCN(C)CC2)s1. The number of aromatic nitrogens is 1. The van der Waals surface area contributed by atoms with E-state index in [-0.39, 0.29) is 18.0 Å². The molecule has 1 aromatic rings. The Labute approximate surface area is 143 Å². The second-order valence-corrected chi connectivity index (χ2v) is 7.84. The molecule has 2 amide bonds. The Balaban J connectivity index is 1.65. The summed E-state index contributed by atoms with van der Waals surface area (Å²) in [4.78, 5) is 22.3. The van der Waals surface area contributed by atoms with Crippen LogP contribution in [0.3, 0.4) is 0 Å². The van der Waals surface area contributed by atoms with Gasteiger partial charge in [0.2, 0.25) is 0 Å². The molecule has 2 N–H and O–H groups in total. The zero-order valence-corrected chi connectivity index (χ0v) is 15.4. The number of likely N-dealkylation sites (N-methyl/N-ethyl adjacent to an activating group) is 1. The molecule has 1 saturated heterocycles. The summed E-state index contributed by atoms with van der Waals surface area (Å²) in [6.45, 7) is 12.1. The molecule has 130 valence electrons. The first kappa shape index (κ1) is 18.2. The molecule has 2 rings (SSSR count). The molecule has 0 spiro atoms. The molecular formula is C16H29N5OS. The number of thiazole rings is 1. The molecule has 23 heavy (non-hydrogen) atoms. The maximum Gasteiger partial charge on any atom is 0.315 e. The van der Waals surface area contributed by atoms with Crippen molar-refractivity contribution in [3.05, 3.63) is 16.1 Å². The Morgan fingerprint density at radius 1 is 1.35 bits per heavy atom. The Bertz CT molecular complexity index is 498. The van der Waals surface area contributed by atoms with Crippen molar-refractivity contribution in [3.63, 3.8) is 0 Å². The molecule has 1 aromatic heterocycles. The lowest BCUT2D eigenvalue weighted by atomic mass is 10.2. The van der Waals surface area contributed by atoms with Crippen molar-refractivity contribution in [2.75, 3.05) is 46.3 Å². The average molecular weight is 340 g/mol. The summed E-state index contributed by atoms with van der Waals surface area (Å²) in [6.07, 6.45) is 1.88. The van der Waals surface area contributed by atoms with Crippen LogP contribution in [-0.4, -0.2) is 73.2 Å². The lowest BCUT2D eigenvalue weighted by Crippen LogP contribution is -2.51. The van der Waals surface area contributed by atoms with Crippen LogP contribution in [0.4, 0.5) is 4.79 Å². The number of carbonyl (C=O) groups is 1. The van der Waals surface area contributed by atoms with Gasteiger partial charge in [-0.2, -0.15) is 0 Å². The molecule has 0 bridgehead atoms. The van der Waals surface area contributed by atoms with E-state index < -0.39 is 0 Å². The second kappa shape index (κ2) is 8.61. The van der Waals surface area contributed by atoms with Crippen LogP contribution in [0.2, 0.25) is 0 Å². The maximum atomic E-state index is 12.0. The van der Waals surface area contributed by atoms with Gasteiger partial charge in [0.1, 0.15) is 0 Å². The highest BCUT2D eigenvalue weighted by molar-refractivity contribution is 7.11. The Morgan fingerprint density at radius 2 is 2.04 bits per heavy atom. The summed E-state index contributed by atoms with van der Waals surface area (Å²) in [5, 5.41) is 7.06. The van der Waals surface area contributed by atoms with Gasteiger partial charge in [0.25, 0.3) is 0 Å². The van der Waals surface area contributed by atoms with Gasteiger partial charge in [-0.1, -0.05) is 6.92 Å². The summed E-state index contributed by atoms with van der Waals surface area (Å²) in [5.74, 6) is 0.243. The van der Waals surface area contributed by atoms with Gasteiger partial charge in [-0.3, -0.25) is 4.90 Å². The van der Waals surface area contributed by atoms with E-state index in [1.54, 1.807) is 11.3 Å². The normalized spacial score (nSPS) is 19.3. The maximum absolute atomic E-state index is 12.0. The highest BCUT2D eigenvalue weighted by Gasteiger charge is 2.17. The molecule has 0 radical (unpaired) electrons. The first-order valence-electron chi connectivity index (χ1n) is 8.31. The van der Waals surface area contributed by atoms with Gasteiger partial charge in [-0.05, 0) is 20.9 Å². The number of piperazine rings is 1. The Kier molecular flexibility index (Phi) is 6.80. The van der Waals surface area contributed by atoms with E-state index in [9.17, 15) is 4.79 Å². The minimum atomic E-state index is -0.0910. The van der Waals surface area contributed by atoms with Gasteiger partial charge in [0, 0.05) is 62.3 Å². The quantitative estimate of drug-likeness (QED) is 0.824. The smallest absolute Gasteiger partial charge is 0.315 e. The largest absolute Gasteiger partial charge is 0.337 e. The van der Waals surface area contributed by atoms with E-state index >= 15 is 0 Å². The van der Waals surface area contributed by atoms with Crippen molar-refractivity contribution < 1.29 is 4.79 Å². The Morgan fingerprint density at radius 3 is 2.65 bits per heavy atom. The number of nitrogens with one attached hydrogen (secondary N) is 2. The van der Waals surface area contributed by atoms with Crippen molar-refractivity contribution >= 4 is 17.4 Å². The molecule has 1 aliphatic rings. The van der Waals surface area contributed by atoms with Crippen molar-refractivity contribution in [1.82, 2.24) is 25.4 Å². The standard InChI is InChI=1S/C16H29N5OS/c1-12(15-17-10-14(3)23-15)9-18-16(22)19-13(2)11-21-7-5-20(4)6-8-21/h10,12-13H,5-9,11H2,1-4H3,(H2,18,19,22)/t12-,13+/m0/s1. The molecule has 2 heterocycles. The molecular weight excluding hydrogens is 310 g/mol. The topological polar surface area (TPSA) is 60.5 Å². The molecule has 0 aliphatic carbocycles. The molecule has 0 saturated carbocycles. The van der Waals surface area contributed by atoms with Gasteiger partial charge in [-0.15, -0.1) is 11.3 Å². The van der Waals surface area contributed by atoms with Crippen LogP contribution >= 0.6 is 11.3 Å². The van der Waals surface area contributed by atoms with E-state index in [0.29, 0.717) is 6.54 Å². The molecule has 2 atom stereocenters. The van der Waals surface area contributed by atoms with Gasteiger partial charge in [0.15, 0.2) is 0 Å². The van der Waals surface area contributed by atoms with E-state index in [1.165, 1.54) is 4.88 Å². The fourth-order valence-electron chi connectivity index (χ4n) is 2.67. The highest BCUT2D eigenvalue weighted by atomic mass is 32.1. The minimum Gasteiger partial charge on any atom is -0.337 e. The third-order valence-electron chi connectivity index (χ3n) is 4.13. The number of aryl methyl sites for hydroxylation is 1. The predicted molar refractivity (Wildman–Crippen MR) is 95.2 cm³/mol. The van der Waals surface area contributed by atoms with Crippen LogP contribution in [0.1, 0.15) is 29.7 Å². The van der Waals surface area contributed by atoms with Crippen LogP contribution < -0.4 is 10.6 Å². The predicted octanol–water partition coefficient (Wildman–Crippen LogP) is 1.49. The van der Waals surface area contributed by atoms with Gasteiger partial charge >= 0.3 is 6.03 Å². The van der Waals surface area contributed by atoms with E-state index in [0.717, 1.165) is 37.7 Å². The third kappa shape index (κ3) is 6.08. The molecule has 6 nitrogen and oxygen atoms in total. The number of rotatable bonds is 6. The zero-order chi connectivity index (χ0) is 16.8. The average Bonchev–Trinajstić information content (AvgIpc) is 2.94. The molecule has 0 unspecified atom stereocenters. The zero-order valence-electron chi connectivity index (χ0n) is 14.6. The van der Waals surface area contributed by atoms with E-state index in [4.69, 9.17) is 0 Å². The molecule has 7 heteroatoms. The minimum absolute atomic E-state index is 0.0910. The fraction of sp³-hybridized carbons (Fsp3) is 0.750. The summed E-state index contributed by atoms with van der Waals surface area (Å²) in [6, 6.07) is 0.0579. The van der Waals surface area contributed by atoms with Crippen molar-refractivity contribution in [2.45, 2.75) is 32.7 Å². The Hall–Kier alpha value is -1.18. The monoisotopic (exact) mass is 339 g/mol. The van der Waals surface area contributed by atoms with E-state index in [2.05, 4.69) is 46.3 Å². The van der Waals surface area contributed by atoms with Crippen molar-refractivity contribution in [1.29, 1.82) is 0 Å². The van der Waals surface area contributed by atoms with Crippen LogP contribution in [0.5, 0.6) is 0 Å². The first-order valence-corrected chi connectivity index (χ1v) is 9.13. The van der Waals surface area contributed by atoms with Gasteiger partial charge in [-0.25, -0.2) is 9.78 Å². The number of hydrogen-bond acceptors (Lipinski definition) is 5. The number of hydrogen-bond donors (Lipinski definition) is 2. The number of nitrogens with zero attached hydrogens (tertiary/aromatic N) is 3. The first-order chi connectivity index (χ1) is 10.9. The lowest BCUT2D eigenvalue weighted by molar-refractivity contribution is 0.144. The summed E-state index contributed by atoms with van der Waals surface area (Å²) in [5.41, 5.74) is 0. The second-order valence-electron chi connectivity index (χ2n) is 6.57. The lowest BCUT2D eigenvalue weighted by Gasteiger charge is -2.34. The van der Waals surface area contributed by atoms with Crippen LogP contribution in [-0.2, 0) is 0 Å². The number of carbonyl (C=O) groups excluding carboxylic acids is 1. The van der Waals surface area contributed by atoms with Crippen molar-refractivity contribution in [2.24, 2.45) is 0 Å². The summed E-state index contributed by atoms with van der Waals surface area (Å²) >= 11 is 1.69. The van der Waals surface area contributed by atoms with Crippen molar-refractivity contribution in [3.8, 4) is 0 Å². The summed E-state index contributed by atoms with van der Waals surface area (Å²) in [7, 11) is 2.15. The molecule has 0 aromatic carbocycles. The fourth-order valence-corrected chi connectivity index (χ4v) is 3.50. The van der Waals surface area contributed by atoms with Gasteiger partial charge < -0.3 is 15.5 Å². The highest BCUT2D eigenvalue weighted by Crippen LogP contribution is 2.20. The molecule has 1 fully saturated rings. The summed E-state index contributed by atoms with van der Waals surface area (Å²) < 4.78 is 0. The van der Waals surface area contributed by atoms with Crippen LogP contribution in [0.25, 0.3) is 0 Å². The third-order valence-corrected chi connectivity index (χ3v) is 5.28. The van der Waals surface area contributed by atoms with Crippen LogP contribution in [0.15, 0.2) is 6.20 Å².